The first kappa shape index (κ1) is 17.0. The molecule has 0 saturated carbocycles. The quantitative estimate of drug-likeness (QED) is 0.788. The van der Waals surface area contributed by atoms with Crippen molar-refractivity contribution in [2.45, 2.75) is 12.3 Å². The highest BCUT2D eigenvalue weighted by Gasteiger charge is 2.15. The molecule has 1 aromatic heterocycles. The molecule has 23 heavy (non-hydrogen) atoms. The molecule has 0 bridgehead atoms. The van der Waals surface area contributed by atoms with E-state index in [0.717, 1.165) is 5.56 Å². The van der Waals surface area contributed by atoms with E-state index >= 15 is 0 Å². The Hall–Kier alpha value is -2.32. The fourth-order valence-corrected chi connectivity index (χ4v) is 2.91. The van der Waals surface area contributed by atoms with Gasteiger partial charge in [-0.05, 0) is 23.8 Å². The van der Waals surface area contributed by atoms with Crippen LogP contribution >= 0.6 is 0 Å². The van der Waals surface area contributed by atoms with Crippen LogP contribution < -0.4 is 10.0 Å². The lowest BCUT2D eigenvalue weighted by molar-refractivity contribution is -0.120. The smallest absolute Gasteiger partial charge is 0.235 e. The second-order valence-corrected chi connectivity index (χ2v) is 6.61. The Morgan fingerprint density at radius 2 is 1.83 bits per heavy atom. The third-order valence-electron chi connectivity index (χ3n) is 3.00. The zero-order valence-corrected chi connectivity index (χ0v) is 13.0. The number of nitrogens with one attached hydrogen (secondary N) is 2. The van der Waals surface area contributed by atoms with Crippen LogP contribution in [0.2, 0.25) is 0 Å². The van der Waals surface area contributed by atoms with Crippen molar-refractivity contribution in [2.24, 2.45) is 0 Å². The Bertz CT molecular complexity index is 767. The topological polar surface area (TPSA) is 88.2 Å². The highest BCUT2D eigenvalue weighted by atomic mass is 32.2. The lowest BCUT2D eigenvalue weighted by Crippen LogP contribution is -2.37. The van der Waals surface area contributed by atoms with Gasteiger partial charge in [0.15, 0.2) is 0 Å². The molecule has 0 atom stereocenters. The second kappa shape index (κ2) is 7.80. The van der Waals surface area contributed by atoms with Gasteiger partial charge < -0.3 is 5.32 Å². The van der Waals surface area contributed by atoms with E-state index in [4.69, 9.17) is 0 Å². The Balaban J connectivity index is 1.82. The van der Waals surface area contributed by atoms with Crippen LogP contribution in [0.15, 0.2) is 48.8 Å². The van der Waals surface area contributed by atoms with Crippen molar-refractivity contribution < 1.29 is 17.6 Å². The molecule has 0 aliphatic heterocycles. The van der Waals surface area contributed by atoms with Gasteiger partial charge >= 0.3 is 0 Å². The molecule has 6 nitrogen and oxygen atoms in total. The summed E-state index contributed by atoms with van der Waals surface area (Å²) >= 11 is 0. The first-order valence-corrected chi connectivity index (χ1v) is 8.48. The maximum absolute atomic E-state index is 13.5. The van der Waals surface area contributed by atoms with Gasteiger partial charge in [-0.25, -0.2) is 17.5 Å². The molecule has 8 heteroatoms. The van der Waals surface area contributed by atoms with Crippen LogP contribution in [0.4, 0.5) is 4.39 Å². The molecule has 0 unspecified atom stereocenters. The summed E-state index contributed by atoms with van der Waals surface area (Å²) in [6.45, 7) is -0.127. The molecular weight excluding hydrogens is 321 g/mol. The van der Waals surface area contributed by atoms with E-state index in [1.165, 1.54) is 18.2 Å². The van der Waals surface area contributed by atoms with Crippen LogP contribution in [0.25, 0.3) is 0 Å². The predicted molar refractivity (Wildman–Crippen MR) is 83.1 cm³/mol. The molecule has 2 rings (SSSR count). The number of hydrogen-bond donors (Lipinski definition) is 2. The summed E-state index contributed by atoms with van der Waals surface area (Å²) in [5, 5.41) is 2.58. The van der Waals surface area contributed by atoms with Gasteiger partial charge in [0.05, 0.1) is 12.3 Å². The molecule has 0 spiro atoms. The van der Waals surface area contributed by atoms with Crippen molar-refractivity contribution in [2.75, 3.05) is 6.54 Å². The van der Waals surface area contributed by atoms with Crippen molar-refractivity contribution in [3.05, 3.63) is 65.7 Å². The van der Waals surface area contributed by atoms with Gasteiger partial charge in [0.1, 0.15) is 5.82 Å². The summed E-state index contributed by atoms with van der Waals surface area (Å²) in [5.74, 6) is -1.59. The minimum Gasteiger partial charge on any atom is -0.351 e. The molecule has 0 aliphatic rings. The number of carbonyl (C=O) groups excluding carboxylic acids is 1. The zero-order chi connectivity index (χ0) is 16.7. The van der Waals surface area contributed by atoms with Crippen molar-refractivity contribution in [1.29, 1.82) is 0 Å². The van der Waals surface area contributed by atoms with Crippen molar-refractivity contribution in [1.82, 2.24) is 15.0 Å². The molecule has 122 valence electrons. The number of hydrogen-bond acceptors (Lipinski definition) is 4. The van der Waals surface area contributed by atoms with Gasteiger partial charge in [-0.3, -0.25) is 9.78 Å². The van der Waals surface area contributed by atoms with E-state index in [0.29, 0.717) is 0 Å². The Kier molecular flexibility index (Phi) is 5.78. The molecular formula is C15H16FN3O3S. The fourth-order valence-electron chi connectivity index (χ4n) is 1.81. The number of aromatic nitrogens is 1. The van der Waals surface area contributed by atoms with Gasteiger partial charge in [0, 0.05) is 24.5 Å². The van der Waals surface area contributed by atoms with Crippen LogP contribution in [0.1, 0.15) is 11.1 Å². The van der Waals surface area contributed by atoms with Crippen LogP contribution in [0.3, 0.4) is 0 Å². The number of amides is 1. The number of rotatable bonds is 7. The molecule has 2 aromatic rings. The summed E-state index contributed by atoms with van der Waals surface area (Å²) < 4.78 is 39.3. The first-order valence-electron chi connectivity index (χ1n) is 6.82. The lowest BCUT2D eigenvalue weighted by Gasteiger charge is -2.08. The highest BCUT2D eigenvalue weighted by Crippen LogP contribution is 2.09. The maximum Gasteiger partial charge on any atom is 0.235 e. The average Bonchev–Trinajstić information content (AvgIpc) is 2.54. The van der Waals surface area contributed by atoms with E-state index in [9.17, 15) is 17.6 Å². The molecule has 0 saturated heterocycles. The molecule has 0 radical (unpaired) electrons. The molecule has 0 fully saturated rings. The maximum atomic E-state index is 13.5. The lowest BCUT2D eigenvalue weighted by atomic mass is 10.2. The Morgan fingerprint density at radius 3 is 2.52 bits per heavy atom. The van der Waals surface area contributed by atoms with E-state index in [1.807, 2.05) is 0 Å². The molecule has 2 N–H and O–H groups in total. The largest absolute Gasteiger partial charge is 0.351 e. The minimum atomic E-state index is -3.80. The third-order valence-corrected chi connectivity index (χ3v) is 4.27. The van der Waals surface area contributed by atoms with Crippen molar-refractivity contribution >= 4 is 15.9 Å². The van der Waals surface area contributed by atoms with Gasteiger partial charge in [0.2, 0.25) is 15.9 Å². The van der Waals surface area contributed by atoms with Crippen molar-refractivity contribution in [3.8, 4) is 0 Å². The molecule has 1 aromatic carbocycles. The van der Waals surface area contributed by atoms with E-state index in [2.05, 4.69) is 15.0 Å². The standard InChI is InChI=1S/C15H16FN3O3S/c16-14-4-2-1-3-13(14)11-23(21,22)19-10-15(20)18-9-12-5-7-17-8-6-12/h1-8,19H,9-11H2,(H,18,20). The number of carbonyl (C=O) groups is 1. The number of nitrogens with zero attached hydrogens (tertiary/aromatic N) is 1. The molecule has 1 amide bonds. The SMILES string of the molecule is O=C(CNS(=O)(=O)Cc1ccccc1F)NCc1ccncc1. The second-order valence-electron chi connectivity index (χ2n) is 4.80. The van der Waals surface area contributed by atoms with Gasteiger partial charge in [-0.2, -0.15) is 0 Å². The van der Waals surface area contributed by atoms with Crippen LogP contribution in [-0.4, -0.2) is 25.9 Å². The third kappa shape index (κ3) is 5.76. The number of benzene rings is 1. The highest BCUT2D eigenvalue weighted by molar-refractivity contribution is 7.88. The number of sulfonamides is 1. The minimum absolute atomic E-state index is 0.0530. The molecule has 1 heterocycles. The van der Waals surface area contributed by atoms with Gasteiger partial charge in [0.25, 0.3) is 0 Å². The van der Waals surface area contributed by atoms with Crippen LogP contribution in [0.5, 0.6) is 0 Å². The summed E-state index contributed by atoms with van der Waals surface area (Å²) in [6, 6.07) is 9.08. The van der Waals surface area contributed by atoms with E-state index in [-0.39, 0.29) is 12.1 Å². The fraction of sp³-hybridized carbons (Fsp3) is 0.200. The Morgan fingerprint density at radius 1 is 1.13 bits per heavy atom. The van der Waals surface area contributed by atoms with Crippen LogP contribution in [0, 0.1) is 5.82 Å². The predicted octanol–water partition coefficient (Wildman–Crippen LogP) is 0.956. The van der Waals surface area contributed by atoms with E-state index < -0.39 is 34.0 Å². The van der Waals surface area contributed by atoms with Crippen molar-refractivity contribution in [3.63, 3.8) is 0 Å². The molecule has 0 aliphatic carbocycles. The Labute approximate surface area is 133 Å². The van der Waals surface area contributed by atoms with Gasteiger partial charge in [-0.15, -0.1) is 0 Å². The number of pyridine rings is 1. The average molecular weight is 337 g/mol. The number of halogens is 1. The van der Waals surface area contributed by atoms with Gasteiger partial charge in [-0.1, -0.05) is 18.2 Å². The van der Waals surface area contributed by atoms with Crippen LogP contribution in [-0.2, 0) is 27.1 Å². The summed E-state index contributed by atoms with van der Waals surface area (Å²) in [6.07, 6.45) is 3.19. The monoisotopic (exact) mass is 337 g/mol. The zero-order valence-electron chi connectivity index (χ0n) is 12.2. The van der Waals surface area contributed by atoms with E-state index in [1.54, 1.807) is 30.6 Å². The summed E-state index contributed by atoms with van der Waals surface area (Å²) in [4.78, 5) is 15.5. The summed E-state index contributed by atoms with van der Waals surface area (Å²) in [7, 11) is -3.80. The first-order chi connectivity index (χ1) is 11.0. The normalized spacial score (nSPS) is 11.2. The summed E-state index contributed by atoms with van der Waals surface area (Å²) in [5.41, 5.74) is 0.903.